The molecule has 0 saturated heterocycles. The molecule has 1 aromatic heterocycles. The summed E-state index contributed by atoms with van der Waals surface area (Å²) in [5.41, 5.74) is 0.373. The number of hydrogen-bond donors (Lipinski definition) is 1. The van der Waals surface area contributed by atoms with Crippen LogP contribution in [-0.2, 0) is 14.8 Å². The van der Waals surface area contributed by atoms with Crippen LogP contribution in [0.25, 0.3) is 0 Å². The van der Waals surface area contributed by atoms with Gasteiger partial charge in [-0.1, -0.05) is 6.07 Å². The second-order valence-electron chi connectivity index (χ2n) is 6.19. The first-order chi connectivity index (χ1) is 13.6. The summed E-state index contributed by atoms with van der Waals surface area (Å²) in [6.45, 7) is -0.426. The lowest BCUT2D eigenvalue weighted by Crippen LogP contribution is -2.35. The molecular formula is C18H23N3O6S2. The van der Waals surface area contributed by atoms with Crippen molar-refractivity contribution in [1.82, 2.24) is 9.21 Å². The molecule has 2 amide bonds. The molecule has 1 N–H and O–H groups in total. The second-order valence-corrected chi connectivity index (χ2v) is 9.41. The number of carbonyl (C=O) groups excluding carboxylic acids is 2. The number of ether oxygens (including phenoxy) is 2. The Labute approximate surface area is 173 Å². The zero-order valence-electron chi connectivity index (χ0n) is 16.8. The summed E-state index contributed by atoms with van der Waals surface area (Å²) in [6, 6.07) is 6.01. The van der Waals surface area contributed by atoms with Crippen LogP contribution in [0.3, 0.4) is 0 Å². The highest BCUT2D eigenvalue weighted by Crippen LogP contribution is 2.34. The van der Waals surface area contributed by atoms with Gasteiger partial charge in [-0.15, -0.1) is 11.3 Å². The molecule has 0 aliphatic heterocycles. The molecule has 0 fully saturated rings. The summed E-state index contributed by atoms with van der Waals surface area (Å²) in [5, 5.41) is 4.24. The molecule has 0 aliphatic carbocycles. The molecule has 2 aromatic rings. The van der Waals surface area contributed by atoms with Crippen LogP contribution in [0, 0.1) is 0 Å². The minimum absolute atomic E-state index is 0.141. The van der Waals surface area contributed by atoms with E-state index in [4.69, 9.17) is 9.47 Å². The molecule has 1 heterocycles. The predicted molar refractivity (Wildman–Crippen MR) is 110 cm³/mol. The summed E-state index contributed by atoms with van der Waals surface area (Å²) in [6.07, 6.45) is 0. The summed E-state index contributed by atoms with van der Waals surface area (Å²) in [7, 11) is 3.55. The van der Waals surface area contributed by atoms with Crippen LogP contribution in [0.2, 0.25) is 0 Å². The number of nitrogens with one attached hydrogen (secondary N) is 1. The molecule has 29 heavy (non-hydrogen) atoms. The van der Waals surface area contributed by atoms with Crippen molar-refractivity contribution in [2.45, 2.75) is 4.21 Å². The normalized spacial score (nSPS) is 11.2. The van der Waals surface area contributed by atoms with E-state index < -0.39 is 22.5 Å². The van der Waals surface area contributed by atoms with Gasteiger partial charge in [-0.2, -0.15) is 4.31 Å². The van der Waals surface area contributed by atoms with Crippen LogP contribution in [0.15, 0.2) is 33.9 Å². The number of benzene rings is 1. The fraction of sp³-hybridized carbons (Fsp3) is 0.333. The largest absolute Gasteiger partial charge is 0.493 e. The van der Waals surface area contributed by atoms with Crippen molar-refractivity contribution in [3.63, 3.8) is 0 Å². The van der Waals surface area contributed by atoms with Crippen LogP contribution >= 0.6 is 11.3 Å². The van der Waals surface area contributed by atoms with E-state index in [2.05, 4.69) is 5.32 Å². The third-order valence-corrected chi connectivity index (χ3v) is 7.14. The Bertz CT molecular complexity index is 987. The van der Waals surface area contributed by atoms with Crippen LogP contribution in [0.1, 0.15) is 10.4 Å². The maximum atomic E-state index is 12.5. The summed E-state index contributed by atoms with van der Waals surface area (Å²) in [5.74, 6) is -0.320. The Morgan fingerprint density at radius 2 is 1.72 bits per heavy atom. The molecule has 0 bridgehead atoms. The molecule has 0 atom stereocenters. The van der Waals surface area contributed by atoms with Gasteiger partial charge < -0.3 is 19.7 Å². The van der Waals surface area contributed by atoms with Crippen molar-refractivity contribution in [3.8, 4) is 11.5 Å². The van der Waals surface area contributed by atoms with Crippen molar-refractivity contribution >= 4 is 38.9 Å². The number of likely N-dealkylation sites (N-methyl/N-ethyl adjacent to an activating group) is 1. The van der Waals surface area contributed by atoms with Gasteiger partial charge in [0.25, 0.3) is 15.9 Å². The van der Waals surface area contributed by atoms with Gasteiger partial charge in [0.2, 0.25) is 5.91 Å². The fourth-order valence-electron chi connectivity index (χ4n) is 2.44. The van der Waals surface area contributed by atoms with E-state index in [0.717, 1.165) is 15.6 Å². The Balaban J connectivity index is 2.30. The van der Waals surface area contributed by atoms with Gasteiger partial charge in [-0.25, -0.2) is 8.42 Å². The molecule has 0 radical (unpaired) electrons. The van der Waals surface area contributed by atoms with Gasteiger partial charge in [-0.05, 0) is 17.5 Å². The lowest BCUT2D eigenvalue weighted by atomic mass is 10.1. The SMILES string of the molecule is COc1cc(NC(=O)CN(C)S(=O)(=O)c2cccs2)c(C(=O)N(C)C)cc1OC. The number of nitrogens with zero attached hydrogens (tertiary/aromatic N) is 2. The van der Waals surface area contributed by atoms with E-state index in [1.807, 2.05) is 0 Å². The van der Waals surface area contributed by atoms with Crippen LogP contribution in [0.5, 0.6) is 11.5 Å². The van der Waals surface area contributed by atoms with Gasteiger partial charge in [0.1, 0.15) is 4.21 Å². The van der Waals surface area contributed by atoms with E-state index >= 15 is 0 Å². The molecular weight excluding hydrogens is 418 g/mol. The van der Waals surface area contributed by atoms with Crippen molar-refractivity contribution in [3.05, 3.63) is 35.2 Å². The molecule has 1 aromatic carbocycles. The van der Waals surface area contributed by atoms with E-state index in [1.165, 1.54) is 44.4 Å². The summed E-state index contributed by atoms with van der Waals surface area (Å²) >= 11 is 1.07. The monoisotopic (exact) mass is 441 g/mol. The van der Waals surface area contributed by atoms with Gasteiger partial charge >= 0.3 is 0 Å². The molecule has 2 rings (SSSR count). The van der Waals surface area contributed by atoms with Gasteiger partial charge in [0.15, 0.2) is 11.5 Å². The van der Waals surface area contributed by atoms with Crippen LogP contribution < -0.4 is 14.8 Å². The van der Waals surface area contributed by atoms with Crippen LogP contribution in [-0.4, -0.2) is 71.3 Å². The number of hydrogen-bond acceptors (Lipinski definition) is 7. The van der Waals surface area contributed by atoms with E-state index in [0.29, 0.717) is 11.5 Å². The highest BCUT2D eigenvalue weighted by atomic mass is 32.2. The quantitative estimate of drug-likeness (QED) is 0.669. The average Bonchev–Trinajstić information content (AvgIpc) is 3.22. The predicted octanol–water partition coefficient (Wildman–Crippen LogP) is 1.73. The maximum absolute atomic E-state index is 12.5. The summed E-state index contributed by atoms with van der Waals surface area (Å²) in [4.78, 5) is 26.4. The van der Waals surface area contributed by atoms with E-state index in [1.54, 1.807) is 25.5 Å². The highest BCUT2D eigenvalue weighted by molar-refractivity contribution is 7.91. The number of sulfonamides is 1. The fourth-order valence-corrected chi connectivity index (χ4v) is 4.77. The number of anilines is 1. The van der Waals surface area contributed by atoms with Crippen molar-refractivity contribution < 1.29 is 27.5 Å². The van der Waals surface area contributed by atoms with Gasteiger partial charge in [-0.3, -0.25) is 9.59 Å². The molecule has 11 heteroatoms. The average molecular weight is 442 g/mol. The molecule has 0 spiro atoms. The van der Waals surface area contributed by atoms with Crippen molar-refractivity contribution in [2.75, 3.05) is 47.2 Å². The third-order valence-electron chi connectivity index (χ3n) is 3.96. The molecule has 158 valence electrons. The third kappa shape index (κ3) is 5.05. The topological polar surface area (TPSA) is 105 Å². The number of rotatable bonds is 8. The molecule has 9 nitrogen and oxygen atoms in total. The van der Waals surface area contributed by atoms with Crippen molar-refractivity contribution in [2.24, 2.45) is 0 Å². The Morgan fingerprint density at radius 3 is 2.24 bits per heavy atom. The molecule has 0 saturated carbocycles. The first-order valence-electron chi connectivity index (χ1n) is 8.39. The van der Waals surface area contributed by atoms with Crippen LogP contribution in [0.4, 0.5) is 5.69 Å². The number of thiophene rings is 1. The minimum atomic E-state index is -3.78. The second kappa shape index (κ2) is 9.25. The van der Waals surface area contributed by atoms with Gasteiger partial charge in [0.05, 0.1) is 32.0 Å². The first-order valence-corrected chi connectivity index (χ1v) is 10.7. The maximum Gasteiger partial charge on any atom is 0.255 e. The van der Waals surface area contributed by atoms with Crippen molar-refractivity contribution in [1.29, 1.82) is 0 Å². The lowest BCUT2D eigenvalue weighted by molar-refractivity contribution is -0.116. The van der Waals surface area contributed by atoms with Gasteiger partial charge in [0, 0.05) is 27.2 Å². The number of carbonyl (C=O) groups is 2. The minimum Gasteiger partial charge on any atom is -0.493 e. The van der Waals surface area contributed by atoms with E-state index in [9.17, 15) is 18.0 Å². The molecule has 0 unspecified atom stereocenters. The zero-order chi connectivity index (χ0) is 21.8. The Kier molecular flexibility index (Phi) is 7.22. The number of amides is 2. The van der Waals surface area contributed by atoms with E-state index in [-0.39, 0.29) is 21.4 Å². The lowest BCUT2D eigenvalue weighted by Gasteiger charge is -2.19. The Hall–Kier alpha value is -2.63. The standard InChI is InChI=1S/C18H23N3O6S2/c1-20(2)18(23)12-9-14(26-4)15(27-5)10-13(12)19-16(22)11-21(3)29(24,25)17-7-6-8-28-17/h6-10H,11H2,1-5H3,(H,19,22). The zero-order valence-corrected chi connectivity index (χ0v) is 18.4. The Morgan fingerprint density at radius 1 is 1.10 bits per heavy atom. The number of methoxy groups -OCH3 is 2. The first kappa shape index (κ1) is 22.7. The smallest absolute Gasteiger partial charge is 0.255 e. The molecule has 0 aliphatic rings. The summed E-state index contributed by atoms with van der Waals surface area (Å²) < 4.78 is 36.5. The highest BCUT2D eigenvalue weighted by Gasteiger charge is 2.25.